The molecular formula is C19H22F2N2O5S. The van der Waals surface area contributed by atoms with Gasteiger partial charge < -0.3 is 15.7 Å². The molecule has 2 aromatic carbocycles. The smallest absolute Gasteiger partial charge is 0.407 e. The fraction of sp³-hybridized carbons (Fsp3) is 0.316. The number of benzene rings is 2. The first-order chi connectivity index (χ1) is 13.5. The third-order valence-corrected chi connectivity index (χ3v) is 5.50. The highest BCUT2D eigenvalue weighted by molar-refractivity contribution is 7.85. The lowest BCUT2D eigenvalue weighted by Crippen LogP contribution is -2.47. The summed E-state index contributed by atoms with van der Waals surface area (Å²) in [5, 5.41) is 8.94. The van der Waals surface area contributed by atoms with Gasteiger partial charge >= 0.3 is 6.09 Å². The van der Waals surface area contributed by atoms with E-state index in [0.29, 0.717) is 18.5 Å². The molecule has 0 saturated carbocycles. The van der Waals surface area contributed by atoms with Crippen LogP contribution in [0.4, 0.5) is 13.6 Å². The van der Waals surface area contributed by atoms with Crippen LogP contribution < -0.4 is 5.73 Å². The SMILES string of the molecule is Cc1ccc(S(=O)(=O)O)cc1.N[C@@H]1CCN(C(=O)O)C[C@H]1c1ccc(F)c(F)c1. The Labute approximate surface area is 167 Å². The van der Waals surface area contributed by atoms with E-state index in [0.717, 1.165) is 17.7 Å². The van der Waals surface area contributed by atoms with Crippen molar-refractivity contribution in [3.8, 4) is 0 Å². The van der Waals surface area contributed by atoms with Gasteiger partial charge in [-0.2, -0.15) is 8.42 Å². The van der Waals surface area contributed by atoms with E-state index in [1.165, 1.54) is 23.1 Å². The maximum Gasteiger partial charge on any atom is 0.407 e. The highest BCUT2D eigenvalue weighted by Gasteiger charge is 2.30. The molecule has 1 saturated heterocycles. The second kappa shape index (κ2) is 9.29. The fourth-order valence-electron chi connectivity index (χ4n) is 2.95. The Kier molecular flexibility index (Phi) is 7.28. The number of carboxylic acid groups (broad SMARTS) is 1. The Hall–Kier alpha value is -2.56. The minimum absolute atomic E-state index is 0.0666. The zero-order valence-electron chi connectivity index (χ0n) is 15.6. The molecule has 158 valence electrons. The van der Waals surface area contributed by atoms with Crippen LogP contribution in [0.25, 0.3) is 0 Å². The molecule has 0 unspecified atom stereocenters. The topological polar surface area (TPSA) is 121 Å². The molecule has 10 heteroatoms. The number of rotatable bonds is 2. The Morgan fingerprint density at radius 3 is 2.28 bits per heavy atom. The van der Waals surface area contributed by atoms with Gasteiger partial charge in [-0.25, -0.2) is 13.6 Å². The molecule has 4 N–H and O–H groups in total. The van der Waals surface area contributed by atoms with Crippen molar-refractivity contribution >= 4 is 16.2 Å². The van der Waals surface area contributed by atoms with Crippen LogP contribution in [0.5, 0.6) is 0 Å². The summed E-state index contributed by atoms with van der Waals surface area (Å²) in [6.45, 7) is 2.42. The average molecular weight is 428 g/mol. The molecule has 0 radical (unpaired) electrons. The standard InChI is InChI=1S/C12H14F2N2O2.C7H8O3S/c13-9-2-1-7(5-10(9)14)8-6-16(12(17)18)4-3-11(8)15;1-6-2-4-7(5-3-6)11(8,9)10/h1-2,5,8,11H,3-4,6,15H2,(H,17,18);2-5H,1H3,(H,8,9,10)/t8-,11+;/m0./s1. The van der Waals surface area contributed by atoms with E-state index in [4.69, 9.17) is 15.4 Å². The van der Waals surface area contributed by atoms with E-state index >= 15 is 0 Å². The molecule has 0 spiro atoms. The summed E-state index contributed by atoms with van der Waals surface area (Å²) in [6, 6.07) is 9.32. The van der Waals surface area contributed by atoms with Crippen molar-refractivity contribution in [2.24, 2.45) is 5.73 Å². The normalized spacial score (nSPS) is 19.3. The van der Waals surface area contributed by atoms with Gasteiger partial charge in [-0.3, -0.25) is 4.55 Å². The van der Waals surface area contributed by atoms with Crippen molar-refractivity contribution in [3.05, 3.63) is 65.2 Å². The lowest BCUT2D eigenvalue weighted by atomic mass is 9.86. The van der Waals surface area contributed by atoms with Gasteiger partial charge in [0.05, 0.1) is 4.90 Å². The predicted octanol–water partition coefficient (Wildman–Crippen LogP) is 3.00. The Balaban J connectivity index is 0.000000234. The van der Waals surface area contributed by atoms with Crippen LogP contribution in [0.1, 0.15) is 23.5 Å². The highest BCUT2D eigenvalue weighted by Crippen LogP contribution is 2.27. The van der Waals surface area contributed by atoms with Gasteiger partial charge in [-0.15, -0.1) is 0 Å². The summed E-state index contributed by atoms with van der Waals surface area (Å²) >= 11 is 0. The number of hydrogen-bond acceptors (Lipinski definition) is 4. The van der Waals surface area contributed by atoms with E-state index in [1.54, 1.807) is 12.1 Å². The number of halogens is 2. The molecule has 1 aliphatic heterocycles. The summed E-state index contributed by atoms with van der Waals surface area (Å²) in [5.41, 5.74) is 7.42. The van der Waals surface area contributed by atoms with Crippen molar-refractivity contribution in [2.75, 3.05) is 13.1 Å². The molecule has 1 fully saturated rings. The van der Waals surface area contributed by atoms with Gasteiger partial charge in [-0.05, 0) is 43.2 Å². The average Bonchev–Trinajstić information content (AvgIpc) is 2.64. The molecule has 3 rings (SSSR count). The van der Waals surface area contributed by atoms with Crippen LogP contribution in [0, 0.1) is 18.6 Å². The van der Waals surface area contributed by atoms with Crippen LogP contribution in [-0.2, 0) is 10.1 Å². The number of carbonyl (C=O) groups is 1. The molecule has 1 aliphatic rings. The summed E-state index contributed by atoms with van der Waals surface area (Å²) in [7, 11) is -4.02. The van der Waals surface area contributed by atoms with Crippen LogP contribution >= 0.6 is 0 Å². The van der Waals surface area contributed by atoms with Gasteiger partial charge in [0.1, 0.15) is 0 Å². The highest BCUT2D eigenvalue weighted by atomic mass is 32.2. The number of hydrogen-bond donors (Lipinski definition) is 3. The number of nitrogens with zero attached hydrogens (tertiary/aromatic N) is 1. The lowest BCUT2D eigenvalue weighted by molar-refractivity contribution is 0.126. The zero-order valence-corrected chi connectivity index (χ0v) is 16.4. The predicted molar refractivity (Wildman–Crippen MR) is 102 cm³/mol. The number of likely N-dealkylation sites (tertiary alicyclic amines) is 1. The number of amides is 1. The molecule has 7 nitrogen and oxygen atoms in total. The molecule has 1 amide bonds. The van der Waals surface area contributed by atoms with E-state index < -0.39 is 27.8 Å². The second-order valence-electron chi connectivity index (χ2n) is 6.75. The second-order valence-corrected chi connectivity index (χ2v) is 8.17. The molecule has 0 aliphatic carbocycles. The molecule has 1 heterocycles. The number of piperidine rings is 1. The maximum absolute atomic E-state index is 13.2. The minimum Gasteiger partial charge on any atom is -0.465 e. The third kappa shape index (κ3) is 6.21. The minimum atomic E-state index is -4.02. The van der Waals surface area contributed by atoms with E-state index in [-0.39, 0.29) is 23.4 Å². The van der Waals surface area contributed by atoms with Crippen LogP contribution in [-0.4, -0.2) is 48.2 Å². The van der Waals surface area contributed by atoms with Crippen LogP contribution in [0.15, 0.2) is 47.4 Å². The summed E-state index contributed by atoms with van der Waals surface area (Å²) in [6.07, 6.45) is -0.509. The first kappa shape index (κ1) is 22.7. The molecule has 29 heavy (non-hydrogen) atoms. The molecule has 0 bridgehead atoms. The molecule has 2 aromatic rings. The van der Waals surface area contributed by atoms with Gasteiger partial charge in [0, 0.05) is 25.0 Å². The third-order valence-electron chi connectivity index (χ3n) is 4.63. The molecule has 0 aromatic heterocycles. The van der Waals surface area contributed by atoms with Gasteiger partial charge in [-0.1, -0.05) is 23.8 Å². The van der Waals surface area contributed by atoms with E-state index in [9.17, 15) is 22.0 Å². The molecular weight excluding hydrogens is 406 g/mol. The first-order valence-corrected chi connectivity index (χ1v) is 10.2. The lowest BCUT2D eigenvalue weighted by Gasteiger charge is -2.35. The van der Waals surface area contributed by atoms with E-state index in [2.05, 4.69) is 0 Å². The van der Waals surface area contributed by atoms with Crippen molar-refractivity contribution in [2.45, 2.75) is 30.2 Å². The van der Waals surface area contributed by atoms with Gasteiger partial charge in [0.15, 0.2) is 11.6 Å². The zero-order chi connectivity index (χ0) is 21.8. The largest absolute Gasteiger partial charge is 0.465 e. The first-order valence-electron chi connectivity index (χ1n) is 8.71. The maximum atomic E-state index is 13.2. The van der Waals surface area contributed by atoms with Gasteiger partial charge in [0.2, 0.25) is 0 Å². The van der Waals surface area contributed by atoms with Gasteiger partial charge in [0.25, 0.3) is 10.1 Å². The van der Waals surface area contributed by atoms with Crippen molar-refractivity contribution in [1.82, 2.24) is 4.90 Å². The Morgan fingerprint density at radius 1 is 1.14 bits per heavy atom. The van der Waals surface area contributed by atoms with Crippen molar-refractivity contribution in [1.29, 1.82) is 0 Å². The summed E-state index contributed by atoms with van der Waals surface area (Å²) < 4.78 is 55.6. The van der Waals surface area contributed by atoms with E-state index in [1.807, 2.05) is 6.92 Å². The number of nitrogens with two attached hydrogens (primary N) is 1. The quantitative estimate of drug-likeness (QED) is 0.633. The summed E-state index contributed by atoms with van der Waals surface area (Å²) in [5.74, 6) is -2.16. The molecule has 2 atom stereocenters. The van der Waals surface area contributed by atoms with Crippen LogP contribution in [0.2, 0.25) is 0 Å². The van der Waals surface area contributed by atoms with Crippen LogP contribution in [0.3, 0.4) is 0 Å². The van der Waals surface area contributed by atoms with Crippen molar-refractivity contribution < 1.29 is 31.7 Å². The fourth-order valence-corrected chi connectivity index (χ4v) is 3.43. The Bertz CT molecular complexity index is 967. The number of aryl methyl sites for hydroxylation is 1. The Morgan fingerprint density at radius 2 is 1.76 bits per heavy atom. The summed E-state index contributed by atoms with van der Waals surface area (Å²) in [4.78, 5) is 12.1. The van der Waals surface area contributed by atoms with Crippen molar-refractivity contribution in [3.63, 3.8) is 0 Å². The monoisotopic (exact) mass is 428 g/mol.